The van der Waals surface area contributed by atoms with Crippen molar-refractivity contribution in [3.05, 3.63) is 110 Å². The van der Waals surface area contributed by atoms with Crippen LogP contribution in [0.4, 0.5) is 5.69 Å². The third-order valence-electron chi connectivity index (χ3n) is 5.48. The standard InChI is InChI=1S/C17H16O2.C8H10N2O2/c18-17(19)16-11-14-6-5-12-1-3-13(4-2-12)7-9-15(16)10-8-14;1-6(9)7-2-4-8(5-3-7)10(11)12/h1-4,8,10-11H,5-7,9H2,(H,18,19);2-6H,9H2,1H3/t;6-/m.0/s1. The first kappa shape index (κ1) is 22.2. The average Bonchev–Trinajstić information content (AvgIpc) is 2.76. The van der Waals surface area contributed by atoms with E-state index in [1.54, 1.807) is 18.2 Å². The molecule has 0 radical (unpaired) electrons. The number of benzene rings is 3. The van der Waals surface area contributed by atoms with E-state index < -0.39 is 10.9 Å². The van der Waals surface area contributed by atoms with Crippen LogP contribution in [-0.4, -0.2) is 10.9 Å². The molecule has 4 aliphatic carbocycles. The average molecular weight is 418 g/mol. The van der Waals surface area contributed by atoms with Gasteiger partial charge in [-0.2, -0.15) is 0 Å². The zero-order valence-corrected chi connectivity index (χ0v) is 17.5. The van der Waals surface area contributed by atoms with E-state index >= 15 is 0 Å². The molecule has 6 heteroatoms. The summed E-state index contributed by atoms with van der Waals surface area (Å²) in [4.78, 5) is 21.1. The number of carbonyl (C=O) groups excluding carboxylic acids is 1. The second-order valence-electron chi connectivity index (χ2n) is 7.85. The Bertz CT molecular complexity index is 1060. The molecule has 0 aromatic heterocycles. The van der Waals surface area contributed by atoms with Crippen molar-refractivity contribution in [3.8, 4) is 0 Å². The number of quaternary nitrogens is 1. The fourth-order valence-electron chi connectivity index (χ4n) is 3.55. The van der Waals surface area contributed by atoms with Gasteiger partial charge in [0.2, 0.25) is 0 Å². The Morgan fingerprint density at radius 1 is 0.871 bits per heavy atom. The minimum absolute atomic E-state index is 0.124. The van der Waals surface area contributed by atoms with Gasteiger partial charge >= 0.3 is 0 Å². The molecule has 0 aliphatic heterocycles. The van der Waals surface area contributed by atoms with Crippen LogP contribution in [0.25, 0.3) is 0 Å². The third kappa shape index (κ3) is 5.99. The molecule has 0 spiro atoms. The third-order valence-corrected chi connectivity index (χ3v) is 5.48. The molecule has 3 aromatic carbocycles. The Kier molecular flexibility index (Phi) is 7.15. The molecule has 0 amide bonds. The highest BCUT2D eigenvalue weighted by Crippen LogP contribution is 2.19. The zero-order chi connectivity index (χ0) is 22.4. The number of carbonyl (C=O) groups is 1. The van der Waals surface area contributed by atoms with Crippen molar-refractivity contribution in [2.75, 3.05) is 0 Å². The fourth-order valence-corrected chi connectivity index (χ4v) is 3.55. The summed E-state index contributed by atoms with van der Waals surface area (Å²) in [6.07, 6.45) is 3.40. The van der Waals surface area contributed by atoms with Crippen LogP contribution in [0.1, 0.15) is 51.1 Å². The predicted octanol–water partition coefficient (Wildman–Crippen LogP) is 2.83. The van der Waals surface area contributed by atoms with E-state index in [1.165, 1.54) is 23.3 Å². The SMILES string of the molecule is C[C@H]([NH3+])c1ccc([N+](=O)[O-])cc1.O=C([O-])c1cc2ccc1CCc1ccc(cc1)CC2. The molecule has 3 N–H and O–H groups in total. The summed E-state index contributed by atoms with van der Waals surface area (Å²) in [6, 6.07) is 21.0. The highest BCUT2D eigenvalue weighted by molar-refractivity contribution is 5.88. The first-order chi connectivity index (χ1) is 14.8. The van der Waals surface area contributed by atoms with Crippen molar-refractivity contribution in [1.29, 1.82) is 0 Å². The van der Waals surface area contributed by atoms with Crippen LogP contribution in [0.2, 0.25) is 0 Å². The molecular formula is C25H26N2O4. The van der Waals surface area contributed by atoms with Crippen molar-refractivity contribution in [1.82, 2.24) is 0 Å². The van der Waals surface area contributed by atoms with Gasteiger partial charge in [-0.25, -0.2) is 0 Å². The molecular weight excluding hydrogens is 392 g/mol. The lowest BCUT2D eigenvalue weighted by atomic mass is 9.93. The molecule has 6 nitrogen and oxygen atoms in total. The summed E-state index contributed by atoms with van der Waals surface area (Å²) < 4.78 is 0. The molecule has 0 saturated heterocycles. The number of aryl methyl sites for hydroxylation is 4. The molecule has 0 unspecified atom stereocenters. The molecule has 4 aliphatic rings. The van der Waals surface area contributed by atoms with Crippen LogP contribution in [0, 0.1) is 10.1 Å². The lowest BCUT2D eigenvalue weighted by Gasteiger charge is -2.14. The zero-order valence-electron chi connectivity index (χ0n) is 17.5. The molecule has 0 heterocycles. The van der Waals surface area contributed by atoms with E-state index in [0.717, 1.165) is 42.4 Å². The first-order valence-corrected chi connectivity index (χ1v) is 10.3. The predicted molar refractivity (Wildman–Crippen MR) is 116 cm³/mol. The molecule has 4 bridgehead atoms. The van der Waals surface area contributed by atoms with E-state index in [2.05, 4.69) is 30.0 Å². The number of nitro groups is 1. The number of carboxylic acids is 1. The van der Waals surface area contributed by atoms with Gasteiger partial charge < -0.3 is 15.6 Å². The summed E-state index contributed by atoms with van der Waals surface area (Å²) in [6.45, 7) is 1.95. The van der Waals surface area contributed by atoms with Gasteiger partial charge in [-0.15, -0.1) is 0 Å². The number of hydrogen-bond donors (Lipinski definition) is 1. The normalized spacial score (nSPS) is 13.4. The summed E-state index contributed by atoms with van der Waals surface area (Å²) in [7, 11) is 0. The van der Waals surface area contributed by atoms with Gasteiger partial charge in [0.15, 0.2) is 0 Å². The molecule has 7 rings (SSSR count). The monoisotopic (exact) mass is 418 g/mol. The number of nitro benzene ring substituents is 1. The minimum Gasteiger partial charge on any atom is -0.545 e. The Morgan fingerprint density at radius 2 is 1.39 bits per heavy atom. The Morgan fingerprint density at radius 3 is 1.90 bits per heavy atom. The van der Waals surface area contributed by atoms with E-state index in [0.29, 0.717) is 5.56 Å². The summed E-state index contributed by atoms with van der Waals surface area (Å²) in [5.41, 5.74) is 9.78. The molecule has 0 fully saturated rings. The first-order valence-electron chi connectivity index (χ1n) is 10.3. The second-order valence-corrected chi connectivity index (χ2v) is 7.85. The second kappa shape index (κ2) is 10.00. The van der Waals surface area contributed by atoms with E-state index in [9.17, 15) is 20.0 Å². The van der Waals surface area contributed by atoms with Crippen molar-refractivity contribution >= 4 is 11.7 Å². The highest BCUT2D eigenvalue weighted by atomic mass is 16.6. The fraction of sp³-hybridized carbons (Fsp3) is 0.240. The largest absolute Gasteiger partial charge is 0.545 e. The van der Waals surface area contributed by atoms with Gasteiger partial charge in [0.25, 0.3) is 5.69 Å². The van der Waals surface area contributed by atoms with E-state index in [1.807, 2.05) is 19.1 Å². The number of carboxylic acid groups (broad SMARTS) is 1. The van der Waals surface area contributed by atoms with Crippen LogP contribution in [-0.2, 0) is 25.7 Å². The molecule has 3 aromatic rings. The summed E-state index contributed by atoms with van der Waals surface area (Å²) in [5, 5.41) is 21.5. The van der Waals surface area contributed by atoms with Crippen LogP contribution < -0.4 is 10.8 Å². The van der Waals surface area contributed by atoms with Crippen molar-refractivity contribution in [2.45, 2.75) is 38.6 Å². The van der Waals surface area contributed by atoms with Gasteiger partial charge in [-0.3, -0.25) is 10.1 Å². The lowest BCUT2D eigenvalue weighted by molar-refractivity contribution is -0.420. The van der Waals surface area contributed by atoms with Gasteiger partial charge in [-0.1, -0.05) is 36.4 Å². The molecule has 160 valence electrons. The van der Waals surface area contributed by atoms with Crippen molar-refractivity contribution < 1.29 is 20.6 Å². The van der Waals surface area contributed by atoms with Gasteiger partial charge in [-0.05, 0) is 73.1 Å². The molecule has 0 saturated carbocycles. The Balaban J connectivity index is 0.000000196. The number of hydrogen-bond acceptors (Lipinski definition) is 4. The van der Waals surface area contributed by atoms with Crippen LogP contribution in [0.5, 0.6) is 0 Å². The van der Waals surface area contributed by atoms with Crippen LogP contribution in [0.3, 0.4) is 0 Å². The minimum atomic E-state index is -1.07. The van der Waals surface area contributed by atoms with Crippen LogP contribution >= 0.6 is 0 Å². The highest BCUT2D eigenvalue weighted by Gasteiger charge is 2.09. The number of rotatable bonds is 3. The maximum atomic E-state index is 11.2. The lowest BCUT2D eigenvalue weighted by Crippen LogP contribution is -2.51. The maximum absolute atomic E-state index is 11.2. The Hall–Kier alpha value is -3.51. The van der Waals surface area contributed by atoms with Crippen LogP contribution in [0.15, 0.2) is 66.7 Å². The van der Waals surface area contributed by atoms with Gasteiger partial charge in [0.1, 0.15) is 6.04 Å². The van der Waals surface area contributed by atoms with Gasteiger partial charge in [0.05, 0.1) is 10.9 Å². The quantitative estimate of drug-likeness (QED) is 0.521. The smallest absolute Gasteiger partial charge is 0.269 e. The van der Waals surface area contributed by atoms with E-state index in [4.69, 9.17) is 0 Å². The van der Waals surface area contributed by atoms with Crippen molar-refractivity contribution in [3.63, 3.8) is 0 Å². The summed E-state index contributed by atoms with van der Waals surface area (Å²) >= 11 is 0. The number of non-ortho nitro benzene ring substituents is 1. The number of aromatic carboxylic acids is 1. The number of nitrogens with zero attached hydrogens (tertiary/aromatic N) is 1. The Labute approximate surface area is 181 Å². The maximum Gasteiger partial charge on any atom is 0.269 e. The summed E-state index contributed by atoms with van der Waals surface area (Å²) in [5.74, 6) is -1.07. The molecule has 31 heavy (non-hydrogen) atoms. The topological polar surface area (TPSA) is 111 Å². The molecule has 1 atom stereocenters. The van der Waals surface area contributed by atoms with Crippen molar-refractivity contribution in [2.24, 2.45) is 0 Å². The van der Waals surface area contributed by atoms with Gasteiger partial charge in [0, 0.05) is 23.3 Å². The van der Waals surface area contributed by atoms with E-state index in [-0.39, 0.29) is 11.7 Å².